The first-order valence-electron chi connectivity index (χ1n) is 10.3. The second-order valence-corrected chi connectivity index (χ2v) is 8.42. The minimum absolute atomic E-state index is 0.181. The van der Waals surface area contributed by atoms with Gasteiger partial charge in [0.15, 0.2) is 0 Å². The van der Waals surface area contributed by atoms with E-state index >= 15 is 0 Å². The fourth-order valence-corrected chi connectivity index (χ4v) is 4.43. The summed E-state index contributed by atoms with van der Waals surface area (Å²) in [6.45, 7) is 7.96. The topological polar surface area (TPSA) is 93.6 Å². The monoisotopic (exact) mass is 395 g/mol. The molecule has 2 amide bonds. The minimum Gasteiger partial charge on any atom is -0.391 e. The molecule has 5 atom stereocenters. The zero-order chi connectivity index (χ0) is 20.7. The lowest BCUT2D eigenvalue weighted by atomic mass is 9.77. The highest BCUT2D eigenvalue weighted by atomic mass is 16.3. The molecule has 0 radical (unpaired) electrons. The number of aliphatic hydroxyl groups excluding tert-OH is 1. The van der Waals surface area contributed by atoms with Crippen LogP contribution in [0.2, 0.25) is 0 Å². The molecule has 1 fully saturated rings. The molecule has 0 bridgehead atoms. The van der Waals surface area contributed by atoms with Crippen molar-refractivity contribution in [2.24, 2.45) is 16.8 Å². The van der Waals surface area contributed by atoms with Crippen molar-refractivity contribution in [1.29, 1.82) is 0 Å². The third kappa shape index (κ3) is 3.67. The van der Waals surface area contributed by atoms with Gasteiger partial charge in [-0.3, -0.25) is 15.2 Å². The Morgan fingerprint density at radius 3 is 2.86 bits per heavy atom. The number of anilines is 1. The van der Waals surface area contributed by atoms with E-state index in [9.17, 15) is 9.90 Å². The van der Waals surface area contributed by atoms with Gasteiger partial charge in [-0.2, -0.15) is 0 Å². The van der Waals surface area contributed by atoms with Crippen molar-refractivity contribution in [1.82, 2.24) is 15.3 Å². The smallest absolute Gasteiger partial charge is 0.327 e. The van der Waals surface area contributed by atoms with Crippen LogP contribution in [0.1, 0.15) is 40.5 Å². The minimum atomic E-state index is -0.583. The third-order valence-electron chi connectivity index (χ3n) is 6.24. The van der Waals surface area contributed by atoms with Gasteiger partial charge in [0.25, 0.3) is 0 Å². The number of hydrogen-bond acceptors (Lipinski definition) is 4. The average molecular weight is 396 g/mol. The van der Waals surface area contributed by atoms with E-state index in [2.05, 4.69) is 35.2 Å². The first-order valence-corrected chi connectivity index (χ1v) is 10.3. The molecule has 29 heavy (non-hydrogen) atoms. The molecular formula is C22H29N5O2. The maximum atomic E-state index is 13.1. The highest BCUT2D eigenvalue weighted by Crippen LogP contribution is 2.37. The summed E-state index contributed by atoms with van der Waals surface area (Å²) < 4.78 is 0. The fourth-order valence-electron chi connectivity index (χ4n) is 4.43. The summed E-state index contributed by atoms with van der Waals surface area (Å²) in [6.07, 6.45) is 5.39. The molecule has 7 nitrogen and oxygen atoms in total. The van der Waals surface area contributed by atoms with Gasteiger partial charge in [0.05, 0.1) is 35.5 Å². The quantitative estimate of drug-likeness (QED) is 0.690. The Balaban J connectivity index is 1.78. The highest BCUT2D eigenvalue weighted by molar-refractivity contribution is 6.17. The molecule has 0 spiro atoms. The van der Waals surface area contributed by atoms with E-state index in [4.69, 9.17) is 4.99 Å². The van der Waals surface area contributed by atoms with Gasteiger partial charge >= 0.3 is 6.03 Å². The zero-order valence-electron chi connectivity index (χ0n) is 17.4. The predicted octanol–water partition coefficient (Wildman–Crippen LogP) is 3.62. The Morgan fingerprint density at radius 1 is 1.34 bits per heavy atom. The van der Waals surface area contributed by atoms with Crippen molar-refractivity contribution in [3.05, 3.63) is 36.2 Å². The van der Waals surface area contributed by atoms with Crippen LogP contribution in [-0.4, -0.2) is 45.1 Å². The number of nitrogens with one attached hydrogen (secondary N) is 2. The molecule has 7 heteroatoms. The predicted molar refractivity (Wildman–Crippen MR) is 115 cm³/mol. The maximum absolute atomic E-state index is 13.1. The van der Waals surface area contributed by atoms with Crippen LogP contribution in [0, 0.1) is 11.8 Å². The SMILES string of the molecule is CC1=CC(C)C(C2/C(=N/C(C)C(C)O)NC(=O)N2c2ccc3[nH]cnc3c2)CC1. The first kappa shape index (κ1) is 19.6. The van der Waals surface area contributed by atoms with Crippen LogP contribution in [0.4, 0.5) is 10.5 Å². The van der Waals surface area contributed by atoms with Gasteiger partial charge in [0.2, 0.25) is 0 Å². The second kappa shape index (κ2) is 7.63. The Kier molecular flexibility index (Phi) is 5.17. The van der Waals surface area contributed by atoms with E-state index in [-0.39, 0.29) is 24.0 Å². The summed E-state index contributed by atoms with van der Waals surface area (Å²) in [7, 11) is 0. The molecule has 3 N–H and O–H groups in total. The summed E-state index contributed by atoms with van der Waals surface area (Å²) in [5.41, 5.74) is 3.96. The molecule has 2 aliphatic rings. The summed E-state index contributed by atoms with van der Waals surface area (Å²) in [5.74, 6) is 1.22. The number of urea groups is 1. The molecule has 154 valence electrons. The Morgan fingerprint density at radius 2 is 2.14 bits per heavy atom. The van der Waals surface area contributed by atoms with E-state index in [1.807, 2.05) is 30.0 Å². The van der Waals surface area contributed by atoms with Crippen molar-refractivity contribution in [3.8, 4) is 0 Å². The molecule has 1 aliphatic carbocycles. The molecule has 5 unspecified atom stereocenters. The molecule has 1 saturated heterocycles. The number of aromatic amines is 1. The molecule has 1 aromatic carbocycles. The summed E-state index contributed by atoms with van der Waals surface area (Å²) in [5, 5.41) is 12.9. The first-order chi connectivity index (χ1) is 13.8. The summed E-state index contributed by atoms with van der Waals surface area (Å²) in [6, 6.07) is 5.16. The lowest BCUT2D eigenvalue weighted by Crippen LogP contribution is -2.44. The summed E-state index contributed by atoms with van der Waals surface area (Å²) in [4.78, 5) is 27.0. The summed E-state index contributed by atoms with van der Waals surface area (Å²) >= 11 is 0. The number of carbonyl (C=O) groups is 1. The largest absolute Gasteiger partial charge is 0.391 e. The maximum Gasteiger partial charge on any atom is 0.327 e. The lowest BCUT2D eigenvalue weighted by molar-refractivity contribution is 0.171. The van der Waals surface area contributed by atoms with E-state index in [0.717, 1.165) is 29.6 Å². The number of allylic oxidation sites excluding steroid dienone is 2. The van der Waals surface area contributed by atoms with Crippen LogP contribution in [0.25, 0.3) is 11.0 Å². The standard InChI is InChI=1S/C22H29N5O2/c1-12-5-7-17(13(2)9-12)20-21(25-14(3)15(4)28)26-22(29)27(20)16-6-8-18-19(10-16)24-11-23-18/h6,8-11,13-15,17,20,28H,5,7H2,1-4H3,(H,23,24)(H,25,26,29). The number of fused-ring (bicyclic) bond motifs is 1. The molecule has 1 aliphatic heterocycles. The third-order valence-corrected chi connectivity index (χ3v) is 6.24. The zero-order valence-corrected chi connectivity index (χ0v) is 17.4. The number of aromatic nitrogens is 2. The number of H-pyrrole nitrogens is 1. The number of amidine groups is 1. The number of aliphatic imine (C=N–C) groups is 1. The van der Waals surface area contributed by atoms with Crippen LogP contribution >= 0.6 is 0 Å². The number of imidazole rings is 1. The second-order valence-electron chi connectivity index (χ2n) is 8.42. The normalized spacial score (nSPS) is 28.5. The molecular weight excluding hydrogens is 366 g/mol. The van der Waals surface area contributed by atoms with Crippen LogP contribution in [0.3, 0.4) is 0 Å². The highest BCUT2D eigenvalue weighted by Gasteiger charge is 2.44. The number of aliphatic hydroxyl groups is 1. The fraction of sp³-hybridized carbons (Fsp3) is 0.500. The number of carbonyl (C=O) groups excluding carboxylic acids is 1. The van der Waals surface area contributed by atoms with Crippen molar-refractivity contribution in [3.63, 3.8) is 0 Å². The van der Waals surface area contributed by atoms with Crippen LogP contribution < -0.4 is 10.2 Å². The van der Waals surface area contributed by atoms with E-state index in [1.165, 1.54) is 5.57 Å². The van der Waals surface area contributed by atoms with Crippen LogP contribution in [0.15, 0.2) is 41.2 Å². The van der Waals surface area contributed by atoms with E-state index in [0.29, 0.717) is 11.8 Å². The van der Waals surface area contributed by atoms with Gasteiger partial charge in [-0.15, -0.1) is 0 Å². The van der Waals surface area contributed by atoms with Gasteiger partial charge in [-0.05, 0) is 63.6 Å². The van der Waals surface area contributed by atoms with Gasteiger partial charge in [-0.25, -0.2) is 9.78 Å². The molecule has 2 aromatic rings. The Labute approximate surface area is 170 Å². The number of hydrogen-bond donors (Lipinski definition) is 3. The number of amides is 2. The van der Waals surface area contributed by atoms with Crippen molar-refractivity contribution in [2.45, 2.75) is 58.7 Å². The van der Waals surface area contributed by atoms with Gasteiger partial charge in [-0.1, -0.05) is 18.6 Å². The van der Waals surface area contributed by atoms with Crippen molar-refractivity contribution < 1.29 is 9.90 Å². The average Bonchev–Trinajstić information content (AvgIpc) is 3.25. The van der Waals surface area contributed by atoms with E-state index < -0.39 is 6.10 Å². The van der Waals surface area contributed by atoms with Crippen molar-refractivity contribution in [2.75, 3.05) is 4.90 Å². The van der Waals surface area contributed by atoms with Gasteiger partial charge in [0.1, 0.15) is 5.84 Å². The Hall–Kier alpha value is -2.67. The van der Waals surface area contributed by atoms with Crippen LogP contribution in [0.5, 0.6) is 0 Å². The lowest BCUT2D eigenvalue weighted by Gasteiger charge is -2.36. The number of nitrogens with zero attached hydrogens (tertiary/aromatic N) is 3. The Bertz CT molecular complexity index is 976. The molecule has 4 rings (SSSR count). The number of rotatable bonds is 4. The van der Waals surface area contributed by atoms with E-state index in [1.54, 1.807) is 13.3 Å². The van der Waals surface area contributed by atoms with Crippen molar-refractivity contribution >= 4 is 28.6 Å². The number of benzene rings is 1. The van der Waals surface area contributed by atoms with Gasteiger partial charge in [0, 0.05) is 5.69 Å². The van der Waals surface area contributed by atoms with Gasteiger partial charge < -0.3 is 10.1 Å². The molecule has 1 aromatic heterocycles. The molecule has 0 saturated carbocycles. The molecule has 2 heterocycles. The van der Waals surface area contributed by atoms with Crippen LogP contribution in [-0.2, 0) is 0 Å².